The van der Waals surface area contributed by atoms with E-state index in [1.165, 1.54) is 15.6 Å². The average molecular weight is 255 g/mol. The van der Waals surface area contributed by atoms with Crippen molar-refractivity contribution in [2.45, 2.75) is 19.5 Å². The predicted octanol–water partition coefficient (Wildman–Crippen LogP) is 1.90. The molecule has 0 spiro atoms. The number of hydrogen-bond acceptors (Lipinski definition) is 2. The molecule has 1 saturated heterocycles. The molecule has 1 heterocycles. The van der Waals surface area contributed by atoms with Crippen molar-refractivity contribution in [3.05, 3.63) is 33.8 Å². The highest BCUT2D eigenvalue weighted by molar-refractivity contribution is 9.10. The Kier molecular flexibility index (Phi) is 2.91. The zero-order valence-corrected chi connectivity index (χ0v) is 9.92. The molecule has 14 heavy (non-hydrogen) atoms. The summed E-state index contributed by atoms with van der Waals surface area (Å²) in [6.07, 6.45) is 0. The number of halogens is 1. The van der Waals surface area contributed by atoms with E-state index in [0.29, 0.717) is 6.04 Å². The van der Waals surface area contributed by atoms with Gasteiger partial charge in [0.1, 0.15) is 0 Å². The fourth-order valence-electron chi connectivity index (χ4n) is 1.76. The molecule has 2 nitrogen and oxygen atoms in total. The third-order valence-corrected chi connectivity index (χ3v) is 3.33. The minimum Gasteiger partial charge on any atom is -0.325 e. The van der Waals surface area contributed by atoms with E-state index in [9.17, 15) is 0 Å². The predicted molar refractivity (Wildman–Crippen MR) is 62.1 cm³/mol. The van der Waals surface area contributed by atoms with Gasteiger partial charge in [0.2, 0.25) is 0 Å². The molecule has 1 aromatic carbocycles. The monoisotopic (exact) mass is 254 g/mol. The number of hydrogen-bond donors (Lipinski definition) is 1. The van der Waals surface area contributed by atoms with Crippen LogP contribution in [-0.4, -0.2) is 24.0 Å². The first-order valence-electron chi connectivity index (χ1n) is 4.88. The van der Waals surface area contributed by atoms with Crippen molar-refractivity contribution in [2.75, 3.05) is 13.1 Å². The Hall–Kier alpha value is -0.380. The largest absolute Gasteiger partial charge is 0.325 e. The third-order valence-electron chi connectivity index (χ3n) is 2.59. The van der Waals surface area contributed by atoms with E-state index in [0.717, 1.165) is 19.6 Å². The van der Waals surface area contributed by atoms with Crippen LogP contribution in [0, 0.1) is 6.92 Å². The Bertz CT molecular complexity index is 332. The number of nitrogens with zero attached hydrogens (tertiary/aromatic N) is 1. The SMILES string of the molecule is Cc1ccc(CN2CC(N)C2)c(Br)c1. The Labute approximate surface area is 93.2 Å². The maximum Gasteiger partial charge on any atom is 0.0297 e. The van der Waals surface area contributed by atoms with Crippen LogP contribution in [0.4, 0.5) is 0 Å². The lowest BCUT2D eigenvalue weighted by molar-refractivity contribution is 0.142. The summed E-state index contributed by atoms with van der Waals surface area (Å²) < 4.78 is 1.21. The summed E-state index contributed by atoms with van der Waals surface area (Å²) in [7, 11) is 0. The quantitative estimate of drug-likeness (QED) is 0.874. The van der Waals surface area contributed by atoms with Gasteiger partial charge in [-0.2, -0.15) is 0 Å². The van der Waals surface area contributed by atoms with Crippen LogP contribution in [0.25, 0.3) is 0 Å². The molecule has 0 aliphatic carbocycles. The zero-order valence-electron chi connectivity index (χ0n) is 8.33. The van der Waals surface area contributed by atoms with Crippen LogP contribution >= 0.6 is 15.9 Å². The van der Waals surface area contributed by atoms with Gasteiger partial charge in [-0.25, -0.2) is 0 Å². The fraction of sp³-hybridized carbons (Fsp3) is 0.455. The lowest BCUT2D eigenvalue weighted by Gasteiger charge is -2.37. The molecular weight excluding hydrogens is 240 g/mol. The second-order valence-electron chi connectivity index (χ2n) is 4.05. The molecule has 2 rings (SSSR count). The Morgan fingerprint density at radius 1 is 1.50 bits per heavy atom. The normalized spacial score (nSPS) is 18.2. The molecule has 0 amide bonds. The first-order valence-corrected chi connectivity index (χ1v) is 5.67. The van der Waals surface area contributed by atoms with Gasteiger partial charge in [0.05, 0.1) is 0 Å². The van der Waals surface area contributed by atoms with E-state index in [-0.39, 0.29) is 0 Å². The lowest BCUT2D eigenvalue weighted by atomic mass is 10.1. The first-order chi connectivity index (χ1) is 6.65. The lowest BCUT2D eigenvalue weighted by Crippen LogP contribution is -2.54. The Morgan fingerprint density at radius 2 is 2.21 bits per heavy atom. The summed E-state index contributed by atoms with van der Waals surface area (Å²) in [5.41, 5.74) is 8.37. The highest BCUT2D eigenvalue weighted by atomic mass is 79.9. The molecule has 0 aromatic heterocycles. The van der Waals surface area contributed by atoms with Crippen LogP contribution in [0.1, 0.15) is 11.1 Å². The van der Waals surface area contributed by atoms with Gasteiger partial charge in [-0.1, -0.05) is 28.1 Å². The van der Waals surface area contributed by atoms with Crippen LogP contribution in [0.15, 0.2) is 22.7 Å². The summed E-state index contributed by atoms with van der Waals surface area (Å²) in [6.45, 7) is 5.17. The zero-order chi connectivity index (χ0) is 10.1. The number of likely N-dealkylation sites (tertiary alicyclic amines) is 1. The van der Waals surface area contributed by atoms with Crippen molar-refractivity contribution in [3.63, 3.8) is 0 Å². The molecule has 1 aromatic rings. The highest BCUT2D eigenvalue weighted by Crippen LogP contribution is 2.21. The van der Waals surface area contributed by atoms with E-state index in [1.54, 1.807) is 0 Å². The van der Waals surface area contributed by atoms with Crippen LogP contribution in [0.5, 0.6) is 0 Å². The highest BCUT2D eigenvalue weighted by Gasteiger charge is 2.22. The van der Waals surface area contributed by atoms with E-state index in [2.05, 4.69) is 46.0 Å². The summed E-state index contributed by atoms with van der Waals surface area (Å²) in [6, 6.07) is 6.89. The second kappa shape index (κ2) is 4.01. The van der Waals surface area contributed by atoms with Gasteiger partial charge in [0.25, 0.3) is 0 Å². The van der Waals surface area contributed by atoms with E-state index in [4.69, 9.17) is 5.73 Å². The number of benzene rings is 1. The summed E-state index contributed by atoms with van der Waals surface area (Å²) in [5, 5.41) is 0. The molecule has 0 unspecified atom stereocenters. The maximum atomic E-state index is 5.73. The summed E-state index contributed by atoms with van der Waals surface area (Å²) in [5.74, 6) is 0. The summed E-state index contributed by atoms with van der Waals surface area (Å²) in [4.78, 5) is 2.36. The number of aryl methyl sites for hydroxylation is 1. The topological polar surface area (TPSA) is 29.3 Å². The summed E-state index contributed by atoms with van der Waals surface area (Å²) >= 11 is 3.59. The van der Waals surface area contributed by atoms with Crippen molar-refractivity contribution in [3.8, 4) is 0 Å². The minimum atomic E-state index is 0.388. The van der Waals surface area contributed by atoms with Crippen molar-refractivity contribution in [1.29, 1.82) is 0 Å². The molecule has 2 N–H and O–H groups in total. The molecule has 0 atom stereocenters. The molecule has 0 bridgehead atoms. The van der Waals surface area contributed by atoms with Crippen molar-refractivity contribution >= 4 is 15.9 Å². The van der Waals surface area contributed by atoms with Crippen molar-refractivity contribution in [1.82, 2.24) is 4.90 Å². The van der Waals surface area contributed by atoms with E-state index < -0.39 is 0 Å². The van der Waals surface area contributed by atoms with Gasteiger partial charge in [-0.15, -0.1) is 0 Å². The van der Waals surface area contributed by atoms with Gasteiger partial charge in [-0.3, -0.25) is 4.90 Å². The van der Waals surface area contributed by atoms with Crippen molar-refractivity contribution < 1.29 is 0 Å². The molecule has 1 aliphatic heterocycles. The molecule has 76 valence electrons. The van der Waals surface area contributed by atoms with Crippen LogP contribution in [0.2, 0.25) is 0 Å². The fourth-order valence-corrected chi connectivity index (χ4v) is 2.38. The van der Waals surface area contributed by atoms with Gasteiger partial charge in [-0.05, 0) is 24.1 Å². The van der Waals surface area contributed by atoms with Crippen LogP contribution in [-0.2, 0) is 6.54 Å². The molecule has 0 radical (unpaired) electrons. The first kappa shape index (κ1) is 10.1. The van der Waals surface area contributed by atoms with Gasteiger partial charge in [0.15, 0.2) is 0 Å². The van der Waals surface area contributed by atoms with Gasteiger partial charge >= 0.3 is 0 Å². The van der Waals surface area contributed by atoms with Gasteiger partial charge < -0.3 is 5.73 Å². The second-order valence-corrected chi connectivity index (χ2v) is 4.90. The van der Waals surface area contributed by atoms with Crippen molar-refractivity contribution in [2.24, 2.45) is 5.73 Å². The molecule has 3 heteroatoms. The number of nitrogens with two attached hydrogens (primary N) is 1. The van der Waals surface area contributed by atoms with E-state index in [1.807, 2.05) is 0 Å². The molecule has 1 aliphatic rings. The van der Waals surface area contributed by atoms with Gasteiger partial charge in [0, 0.05) is 30.1 Å². The minimum absolute atomic E-state index is 0.388. The van der Waals surface area contributed by atoms with E-state index >= 15 is 0 Å². The van der Waals surface area contributed by atoms with Crippen LogP contribution in [0.3, 0.4) is 0 Å². The Balaban J connectivity index is 2.02. The number of rotatable bonds is 2. The van der Waals surface area contributed by atoms with Crippen LogP contribution < -0.4 is 5.73 Å². The smallest absolute Gasteiger partial charge is 0.0297 e. The Morgan fingerprint density at radius 3 is 2.79 bits per heavy atom. The molecule has 0 saturated carbocycles. The maximum absolute atomic E-state index is 5.73. The molecule has 1 fully saturated rings. The third kappa shape index (κ3) is 2.16. The molecular formula is C11H15BrN2. The average Bonchev–Trinajstić information content (AvgIpc) is 2.06. The standard InChI is InChI=1S/C11H15BrN2/c1-8-2-3-9(11(12)4-8)5-14-6-10(13)7-14/h2-4,10H,5-7,13H2,1H3.